The zero-order valence-corrected chi connectivity index (χ0v) is 19.5. The molecule has 1 aromatic heterocycles. The van der Waals surface area contributed by atoms with Crippen molar-refractivity contribution in [1.29, 1.82) is 0 Å². The summed E-state index contributed by atoms with van der Waals surface area (Å²) in [7, 11) is 1.74. The largest absolute Gasteiger partial charge is 0.496 e. The Bertz CT molecular complexity index is 965. The number of methoxy groups -OCH3 is 1. The summed E-state index contributed by atoms with van der Waals surface area (Å²) in [5.41, 5.74) is 4.57. The van der Waals surface area contributed by atoms with Crippen LogP contribution in [-0.2, 0) is 11.2 Å². The number of halogens is 1. The van der Waals surface area contributed by atoms with E-state index in [-0.39, 0.29) is 17.7 Å². The molecule has 1 saturated heterocycles. The Morgan fingerprint density at radius 1 is 1.45 bits per heavy atom. The molecule has 0 aliphatic carbocycles. The van der Waals surface area contributed by atoms with Crippen LogP contribution in [-0.4, -0.2) is 47.6 Å². The Labute approximate surface area is 185 Å². The predicted octanol–water partition coefficient (Wildman–Crippen LogP) is 4.23. The van der Waals surface area contributed by atoms with Gasteiger partial charge in [-0.2, -0.15) is 0 Å². The Kier molecular flexibility index (Phi) is 6.04. The first-order valence-corrected chi connectivity index (χ1v) is 11.5. The highest BCUT2D eigenvalue weighted by molar-refractivity contribution is 14.1. The molecule has 0 spiro atoms. The van der Waals surface area contributed by atoms with Gasteiger partial charge < -0.3 is 14.8 Å². The Morgan fingerprint density at radius 3 is 2.90 bits per heavy atom. The molecule has 0 amide bonds. The maximum atomic E-state index is 12.4. The van der Waals surface area contributed by atoms with E-state index >= 15 is 0 Å². The van der Waals surface area contributed by atoms with E-state index in [2.05, 4.69) is 51.5 Å². The minimum Gasteiger partial charge on any atom is -0.496 e. The number of hydrogen-bond donors (Lipinski definition) is 2. The molecule has 0 unspecified atom stereocenters. The number of fused-ring (bicyclic) bond motifs is 5. The molecule has 156 valence electrons. The predicted molar refractivity (Wildman–Crippen MR) is 123 cm³/mol. The van der Waals surface area contributed by atoms with Gasteiger partial charge in [-0.3, -0.25) is 9.69 Å². The van der Waals surface area contributed by atoms with Gasteiger partial charge in [0.15, 0.2) is 5.78 Å². The second-order valence-electron chi connectivity index (χ2n) is 8.14. The zero-order valence-electron chi connectivity index (χ0n) is 17.3. The average molecular weight is 508 g/mol. The summed E-state index contributed by atoms with van der Waals surface area (Å²) in [6.07, 6.45) is 4.87. The molecule has 3 heterocycles. The van der Waals surface area contributed by atoms with Gasteiger partial charge in [0.2, 0.25) is 0 Å². The van der Waals surface area contributed by atoms with Crippen LogP contribution >= 0.6 is 22.6 Å². The number of nitrogens with zero attached hydrogens (tertiary/aromatic N) is 1. The number of piperidine rings is 1. The van der Waals surface area contributed by atoms with Crippen LogP contribution in [0.1, 0.15) is 44.0 Å². The highest BCUT2D eigenvalue weighted by Gasteiger charge is 2.41. The summed E-state index contributed by atoms with van der Waals surface area (Å²) in [6, 6.07) is 4.55. The quantitative estimate of drug-likeness (QED) is 0.469. The number of allylic oxidation sites excluding steroid dienone is 1. The van der Waals surface area contributed by atoms with Crippen LogP contribution in [0, 0.1) is 15.4 Å². The van der Waals surface area contributed by atoms with Crippen molar-refractivity contribution >= 4 is 39.3 Å². The maximum absolute atomic E-state index is 12.4. The Balaban J connectivity index is 1.78. The SMILES string of the molecule is C/C=C(/C(=O)CO)[C@H]1C[C@H]2c3[nH]c4cc(I)cc(OC)c4c3CCN2C[C@H]1CC. The molecule has 2 aliphatic heterocycles. The van der Waals surface area contributed by atoms with Gasteiger partial charge in [0.25, 0.3) is 0 Å². The molecule has 29 heavy (non-hydrogen) atoms. The van der Waals surface area contributed by atoms with Crippen molar-refractivity contribution in [3.8, 4) is 5.75 Å². The number of rotatable bonds is 5. The van der Waals surface area contributed by atoms with Gasteiger partial charge in [-0.05, 0) is 77.5 Å². The molecule has 0 bridgehead atoms. The van der Waals surface area contributed by atoms with E-state index in [1.165, 1.54) is 16.6 Å². The van der Waals surface area contributed by atoms with E-state index in [1.54, 1.807) is 7.11 Å². The minimum absolute atomic E-state index is 0.131. The zero-order chi connectivity index (χ0) is 20.7. The number of hydrogen-bond acceptors (Lipinski definition) is 4. The van der Waals surface area contributed by atoms with Crippen molar-refractivity contribution in [2.75, 3.05) is 26.8 Å². The summed E-state index contributed by atoms with van der Waals surface area (Å²) in [5.74, 6) is 1.43. The lowest BCUT2D eigenvalue weighted by molar-refractivity contribution is -0.119. The summed E-state index contributed by atoms with van der Waals surface area (Å²) in [5, 5.41) is 10.7. The topological polar surface area (TPSA) is 65.6 Å². The first kappa shape index (κ1) is 20.9. The van der Waals surface area contributed by atoms with E-state index in [0.717, 1.165) is 52.8 Å². The van der Waals surface area contributed by atoms with E-state index in [0.29, 0.717) is 5.92 Å². The molecule has 2 aromatic rings. The third-order valence-electron chi connectivity index (χ3n) is 6.82. The first-order chi connectivity index (χ1) is 14.0. The standard InChI is InChI=1S/C23H29IN2O3/c1-4-13-11-26-7-6-16-22-18(8-14(24)9-21(22)29-3)25-23(16)19(26)10-17(13)15(5-2)20(28)12-27/h5,8-9,13,17,19,25,27H,4,6-7,10-12H2,1-3H3/b15-5+/t13-,17+,19+/m1/s1. The van der Waals surface area contributed by atoms with Crippen LogP contribution in [0.3, 0.4) is 0 Å². The van der Waals surface area contributed by atoms with Gasteiger partial charge in [0.1, 0.15) is 12.4 Å². The van der Waals surface area contributed by atoms with E-state index < -0.39 is 6.61 Å². The second kappa shape index (κ2) is 8.40. The van der Waals surface area contributed by atoms with Crippen LogP contribution in [0.2, 0.25) is 0 Å². The normalized spacial score (nSPS) is 25.0. The lowest BCUT2D eigenvalue weighted by Crippen LogP contribution is -2.47. The number of ketones is 1. The molecule has 3 atom stereocenters. The number of H-pyrrole nitrogens is 1. The maximum Gasteiger partial charge on any atom is 0.184 e. The Morgan fingerprint density at radius 2 is 2.24 bits per heavy atom. The van der Waals surface area contributed by atoms with E-state index in [4.69, 9.17) is 4.74 Å². The van der Waals surface area contributed by atoms with Gasteiger partial charge in [-0.1, -0.05) is 19.4 Å². The van der Waals surface area contributed by atoms with Crippen molar-refractivity contribution < 1.29 is 14.6 Å². The number of Topliss-reactive ketones (excluding diaryl/α,β-unsaturated/α-hetero) is 1. The Hall–Kier alpha value is -1.38. The van der Waals surface area contributed by atoms with Crippen molar-refractivity contribution in [2.24, 2.45) is 11.8 Å². The second-order valence-corrected chi connectivity index (χ2v) is 9.39. The molecule has 5 nitrogen and oxygen atoms in total. The van der Waals surface area contributed by atoms with Gasteiger partial charge in [-0.15, -0.1) is 0 Å². The van der Waals surface area contributed by atoms with Gasteiger partial charge in [0.05, 0.1) is 18.7 Å². The minimum atomic E-state index is -0.408. The summed E-state index contributed by atoms with van der Waals surface area (Å²) < 4.78 is 6.86. The van der Waals surface area contributed by atoms with Crippen LogP contribution in [0.15, 0.2) is 23.8 Å². The number of ether oxygens (including phenoxy) is 1. The molecular weight excluding hydrogens is 479 g/mol. The molecular formula is C23H29IN2O3. The smallest absolute Gasteiger partial charge is 0.184 e. The molecule has 0 saturated carbocycles. The van der Waals surface area contributed by atoms with Crippen molar-refractivity contribution in [2.45, 2.75) is 39.2 Å². The van der Waals surface area contributed by atoms with Crippen LogP contribution in [0.25, 0.3) is 10.9 Å². The molecule has 1 fully saturated rings. The third kappa shape index (κ3) is 3.53. The molecule has 1 aromatic carbocycles. The number of carbonyl (C=O) groups excluding carboxylic acids is 1. The van der Waals surface area contributed by atoms with Crippen LogP contribution < -0.4 is 4.74 Å². The van der Waals surface area contributed by atoms with Crippen LogP contribution in [0.5, 0.6) is 5.75 Å². The molecule has 2 aliphatic rings. The number of nitrogens with one attached hydrogen (secondary N) is 1. The lowest BCUT2D eigenvalue weighted by Gasteiger charge is -2.46. The van der Waals surface area contributed by atoms with E-state index in [1.807, 2.05) is 13.0 Å². The number of carbonyl (C=O) groups is 1. The molecule has 0 radical (unpaired) electrons. The number of benzene rings is 1. The molecule has 4 rings (SSSR count). The average Bonchev–Trinajstić information content (AvgIpc) is 3.11. The van der Waals surface area contributed by atoms with Gasteiger partial charge in [0, 0.05) is 27.7 Å². The van der Waals surface area contributed by atoms with Crippen molar-refractivity contribution in [3.63, 3.8) is 0 Å². The number of aromatic nitrogens is 1. The summed E-state index contributed by atoms with van der Waals surface area (Å²) >= 11 is 2.33. The fourth-order valence-corrected chi connectivity index (χ4v) is 6.05. The monoisotopic (exact) mass is 508 g/mol. The number of aromatic amines is 1. The molecule has 2 N–H and O–H groups in total. The fraction of sp³-hybridized carbons (Fsp3) is 0.522. The van der Waals surface area contributed by atoms with Crippen LogP contribution in [0.4, 0.5) is 0 Å². The summed E-state index contributed by atoms with van der Waals surface area (Å²) in [4.78, 5) is 18.7. The van der Waals surface area contributed by atoms with Crippen molar-refractivity contribution in [1.82, 2.24) is 9.88 Å². The lowest BCUT2D eigenvalue weighted by atomic mass is 9.73. The fourth-order valence-electron chi connectivity index (χ4n) is 5.46. The van der Waals surface area contributed by atoms with Gasteiger partial charge in [-0.25, -0.2) is 0 Å². The van der Waals surface area contributed by atoms with Crippen molar-refractivity contribution in [3.05, 3.63) is 38.6 Å². The highest BCUT2D eigenvalue weighted by Crippen LogP contribution is 2.47. The third-order valence-corrected chi connectivity index (χ3v) is 7.44. The van der Waals surface area contributed by atoms with E-state index in [9.17, 15) is 9.90 Å². The highest BCUT2D eigenvalue weighted by atomic mass is 127. The number of aliphatic hydroxyl groups is 1. The molecule has 6 heteroatoms. The first-order valence-electron chi connectivity index (χ1n) is 10.4. The van der Waals surface area contributed by atoms with Gasteiger partial charge >= 0.3 is 0 Å². The number of aliphatic hydroxyl groups excluding tert-OH is 1. The summed E-state index contributed by atoms with van der Waals surface area (Å²) in [6.45, 7) is 5.74.